The number of hydrogen-bond donors (Lipinski definition) is 3. The van der Waals surface area contributed by atoms with E-state index in [9.17, 15) is 41.3 Å². The minimum Gasteiger partial charge on any atom is -0.505 e. The number of aliphatic hydroxyl groups excluding tert-OH is 1. The van der Waals surface area contributed by atoms with E-state index >= 15 is 0 Å². The van der Waals surface area contributed by atoms with Crippen molar-refractivity contribution in [1.82, 2.24) is 4.31 Å². The molecule has 0 radical (unpaired) electrons. The third-order valence-corrected chi connectivity index (χ3v) is 6.99. The molecule has 0 amide bonds. The number of aromatic hydroxyl groups is 1. The van der Waals surface area contributed by atoms with E-state index in [4.69, 9.17) is 17.9 Å². The van der Waals surface area contributed by atoms with Gasteiger partial charge in [-0.15, -0.1) is 0 Å². The van der Waals surface area contributed by atoms with Crippen LogP contribution in [0.1, 0.15) is 5.56 Å². The van der Waals surface area contributed by atoms with Crippen molar-refractivity contribution in [2.75, 3.05) is 19.7 Å². The second-order valence-electron chi connectivity index (χ2n) is 7.34. The maximum Gasteiger partial charge on any atom is 0.415 e. The highest BCUT2D eigenvalue weighted by Crippen LogP contribution is 2.39. The van der Waals surface area contributed by atoms with Gasteiger partial charge in [0.1, 0.15) is 23.3 Å². The fourth-order valence-electron chi connectivity index (χ4n) is 3.31. The number of halogens is 4. The average molecular weight is 501 g/mol. The lowest BCUT2D eigenvalue weighted by Gasteiger charge is -2.27. The summed E-state index contributed by atoms with van der Waals surface area (Å²) in [6.07, 6.45) is -6.37. The molecule has 3 N–H and O–H groups in total. The molecule has 1 saturated heterocycles. The molecule has 0 aromatic heterocycles. The molecule has 1 aliphatic heterocycles. The van der Waals surface area contributed by atoms with Gasteiger partial charge < -0.3 is 20.1 Å². The Bertz CT molecular complexity index is 1320. The zero-order chi connectivity index (χ0) is 25.5. The lowest BCUT2D eigenvalue weighted by atomic mass is 10.0. The van der Waals surface area contributed by atoms with Crippen molar-refractivity contribution >= 4 is 21.4 Å². The number of benzene rings is 2. The van der Waals surface area contributed by atoms with Gasteiger partial charge in [-0.1, -0.05) is 12.1 Å². The summed E-state index contributed by atoms with van der Waals surface area (Å²) < 4.78 is 84.9. The molecule has 180 valence electrons. The molecular formula is C20H15F4N3O6S. The monoisotopic (exact) mass is 501 g/mol. The van der Waals surface area contributed by atoms with E-state index < -0.39 is 86.8 Å². The van der Waals surface area contributed by atoms with Crippen LogP contribution < -0.4 is 4.74 Å². The Labute approximate surface area is 190 Å². The highest BCUT2D eigenvalue weighted by Gasteiger charge is 2.51. The molecule has 2 aromatic rings. The molecule has 1 heterocycles. The molecule has 0 saturated carbocycles. The Morgan fingerprint density at radius 3 is 2.38 bits per heavy atom. The second-order valence-corrected chi connectivity index (χ2v) is 9.25. The van der Waals surface area contributed by atoms with E-state index in [-0.39, 0.29) is 0 Å². The number of β-amino-alcohol motifs (C(OH)–C–C–N with tert-alkyl or cyclic N) is 1. The Kier molecular flexibility index (Phi) is 6.47. The largest absolute Gasteiger partial charge is 0.505 e. The van der Waals surface area contributed by atoms with Crippen molar-refractivity contribution in [3.63, 3.8) is 0 Å². The molecule has 1 aliphatic rings. The quantitative estimate of drug-likeness (QED) is 0.429. The molecule has 0 unspecified atom stereocenters. The molecule has 14 heteroatoms. The standard InChI is InChI=1S/C20H15F4N3O6S/c1-25-13-7-15(29)16(6-12(13)21)33-18-8-27(9-19(18,30)10-28)34(31,32)17-4-3-11(20(22,23)24)5-14(17)26-2/h3-7,18,28-30H,8-10H2/t18-,19+/m0/s1. The Morgan fingerprint density at radius 1 is 1.18 bits per heavy atom. The average Bonchev–Trinajstić information content (AvgIpc) is 3.12. The number of phenolic OH excluding ortho intramolecular Hbond substituents is 1. The number of aliphatic hydroxyl groups is 2. The summed E-state index contributed by atoms with van der Waals surface area (Å²) in [7, 11) is -4.65. The normalized spacial score (nSPS) is 21.1. The topological polar surface area (TPSA) is 116 Å². The molecule has 1 fully saturated rings. The van der Waals surface area contributed by atoms with Crippen LogP contribution in [0.4, 0.5) is 28.9 Å². The van der Waals surface area contributed by atoms with Crippen LogP contribution in [-0.4, -0.2) is 59.4 Å². The van der Waals surface area contributed by atoms with Gasteiger partial charge in [-0.05, 0) is 12.1 Å². The number of rotatable bonds is 5. The van der Waals surface area contributed by atoms with Gasteiger partial charge in [-0.2, -0.15) is 17.5 Å². The summed E-state index contributed by atoms with van der Waals surface area (Å²) in [5.41, 5.74) is -4.81. The third kappa shape index (κ3) is 4.49. The van der Waals surface area contributed by atoms with Crippen LogP contribution in [0.5, 0.6) is 11.5 Å². The van der Waals surface area contributed by atoms with Crippen molar-refractivity contribution in [3.8, 4) is 11.5 Å². The number of nitrogens with zero attached hydrogens (tertiary/aromatic N) is 3. The Balaban J connectivity index is 1.97. The van der Waals surface area contributed by atoms with Crippen molar-refractivity contribution in [2.45, 2.75) is 22.8 Å². The molecule has 3 rings (SSSR count). The van der Waals surface area contributed by atoms with Crippen LogP contribution in [-0.2, 0) is 16.2 Å². The van der Waals surface area contributed by atoms with Gasteiger partial charge in [-0.25, -0.2) is 22.5 Å². The van der Waals surface area contributed by atoms with Crippen molar-refractivity contribution in [3.05, 3.63) is 64.5 Å². The molecule has 2 aromatic carbocycles. The Hall–Kier alpha value is -3.43. The van der Waals surface area contributed by atoms with Gasteiger partial charge in [0, 0.05) is 18.2 Å². The molecular weight excluding hydrogens is 486 g/mol. The molecule has 0 bridgehead atoms. The van der Waals surface area contributed by atoms with E-state index in [1.807, 2.05) is 0 Å². The first-order valence-corrected chi connectivity index (χ1v) is 10.7. The van der Waals surface area contributed by atoms with Gasteiger partial charge in [0.2, 0.25) is 21.4 Å². The first kappa shape index (κ1) is 25.2. The van der Waals surface area contributed by atoms with Gasteiger partial charge in [-0.3, -0.25) is 0 Å². The van der Waals surface area contributed by atoms with Gasteiger partial charge in [0.05, 0.1) is 31.2 Å². The lowest BCUT2D eigenvalue weighted by Crippen LogP contribution is -2.48. The summed E-state index contributed by atoms with van der Waals surface area (Å²) >= 11 is 0. The van der Waals surface area contributed by atoms with E-state index in [0.717, 1.165) is 6.07 Å². The molecule has 0 spiro atoms. The molecule has 9 nitrogen and oxygen atoms in total. The van der Waals surface area contributed by atoms with Crippen LogP contribution in [0.3, 0.4) is 0 Å². The molecule has 0 aliphatic carbocycles. The van der Waals surface area contributed by atoms with E-state index in [0.29, 0.717) is 28.6 Å². The fraction of sp³-hybridized carbons (Fsp3) is 0.300. The van der Waals surface area contributed by atoms with Crippen LogP contribution in [0.2, 0.25) is 0 Å². The van der Waals surface area contributed by atoms with Crippen LogP contribution in [0.25, 0.3) is 9.69 Å². The summed E-state index contributed by atoms with van der Waals surface area (Å²) in [6.45, 7) is 11.4. The summed E-state index contributed by atoms with van der Waals surface area (Å²) in [5, 5.41) is 30.4. The summed E-state index contributed by atoms with van der Waals surface area (Å²) in [4.78, 5) is 4.96. The van der Waals surface area contributed by atoms with E-state index in [2.05, 4.69) is 9.69 Å². The van der Waals surface area contributed by atoms with Crippen molar-refractivity contribution in [2.24, 2.45) is 0 Å². The first-order valence-electron chi connectivity index (χ1n) is 9.25. The predicted octanol–water partition coefficient (Wildman–Crippen LogP) is 2.83. The van der Waals surface area contributed by atoms with Crippen LogP contribution >= 0.6 is 0 Å². The second kappa shape index (κ2) is 8.73. The predicted molar refractivity (Wildman–Crippen MR) is 107 cm³/mol. The number of ether oxygens (including phenoxy) is 1. The molecule has 34 heavy (non-hydrogen) atoms. The zero-order valence-electron chi connectivity index (χ0n) is 16.9. The summed E-state index contributed by atoms with van der Waals surface area (Å²) in [6, 6.07) is 2.88. The maximum atomic E-state index is 13.9. The highest BCUT2D eigenvalue weighted by atomic mass is 32.2. The van der Waals surface area contributed by atoms with Gasteiger partial charge in [0.15, 0.2) is 5.75 Å². The molecule has 2 atom stereocenters. The minimum absolute atomic E-state index is 0.377. The SMILES string of the molecule is [C-]#[N+]c1cc(O)c(O[C@H]2CN(S(=O)(=O)c3ccc(C(F)(F)F)cc3[N+]#[C-])C[C@@]2(O)CO)cc1F. The van der Waals surface area contributed by atoms with Crippen molar-refractivity contribution in [1.29, 1.82) is 0 Å². The van der Waals surface area contributed by atoms with Crippen LogP contribution in [0, 0.1) is 19.0 Å². The lowest BCUT2D eigenvalue weighted by molar-refractivity contribution is -0.137. The maximum absolute atomic E-state index is 13.9. The third-order valence-electron chi connectivity index (χ3n) is 5.14. The van der Waals surface area contributed by atoms with E-state index in [1.54, 1.807) is 0 Å². The zero-order valence-corrected chi connectivity index (χ0v) is 17.7. The number of phenols is 1. The fourth-order valence-corrected chi connectivity index (χ4v) is 4.92. The van der Waals surface area contributed by atoms with Crippen molar-refractivity contribution < 1.29 is 46.0 Å². The van der Waals surface area contributed by atoms with Gasteiger partial charge >= 0.3 is 6.18 Å². The highest BCUT2D eigenvalue weighted by molar-refractivity contribution is 7.89. The van der Waals surface area contributed by atoms with E-state index in [1.165, 1.54) is 0 Å². The number of sulfonamides is 1. The number of alkyl halides is 3. The smallest absolute Gasteiger partial charge is 0.415 e. The first-order chi connectivity index (χ1) is 15.8. The van der Waals surface area contributed by atoms with Crippen LogP contribution in [0.15, 0.2) is 35.2 Å². The minimum atomic E-state index is -4.81. The van der Waals surface area contributed by atoms with Gasteiger partial charge in [0.25, 0.3) is 0 Å². The Morgan fingerprint density at radius 2 is 1.82 bits per heavy atom. The number of hydrogen-bond acceptors (Lipinski definition) is 6. The summed E-state index contributed by atoms with van der Waals surface area (Å²) in [5.74, 6) is -2.30.